The number of likely N-dealkylation sites (tertiary alicyclic amines) is 2. The second-order valence-electron chi connectivity index (χ2n) is 22.4. The number of nitrogens with two attached hydrogens (primary N) is 1. The molecule has 0 saturated carbocycles. The molecule has 6 N–H and O–H groups in total. The van der Waals surface area contributed by atoms with Gasteiger partial charge in [-0.3, -0.25) is 19.3 Å². The summed E-state index contributed by atoms with van der Waals surface area (Å²) in [4.78, 5) is 61.1. The zero-order valence-corrected chi connectivity index (χ0v) is 47.0. The third kappa shape index (κ3) is 11.4. The molecule has 2 bridgehead atoms. The minimum atomic E-state index is -4.59. The van der Waals surface area contributed by atoms with Crippen molar-refractivity contribution in [2.24, 2.45) is 11.3 Å². The molecule has 16 nitrogen and oxygen atoms in total. The van der Waals surface area contributed by atoms with Crippen LogP contribution in [0.15, 0.2) is 48.0 Å². The molecule has 10 rings (SSSR count). The van der Waals surface area contributed by atoms with Crippen LogP contribution >= 0.6 is 34.3 Å². The van der Waals surface area contributed by atoms with Crippen molar-refractivity contribution in [1.82, 2.24) is 40.7 Å². The smallest absolute Gasteiger partial charge is 0.394 e. The number of anilines is 2. The number of halogens is 6. The van der Waals surface area contributed by atoms with Crippen LogP contribution in [0.3, 0.4) is 0 Å². The van der Waals surface area contributed by atoms with Gasteiger partial charge in [0, 0.05) is 67.4 Å². The number of β-amino-alcohol motifs (C(OH)–C–C–N with tert-alkyl or cyclic N) is 1. The molecule has 6 aromatic rings. The number of rotatable bonds is 16. The molecule has 7 heterocycles. The summed E-state index contributed by atoms with van der Waals surface area (Å²) >= 11 is 9.27. The SMILES string of the molecule is Cc1ncsc1-c1ccc([C@H](C)NC(=O)[C@@H]2C[C@@H](O)CN2C(=O)[C@@H](NC(=O)CCCCN2C[C@@H](C(F)(F)F)[C@H]2COc2nc(N3CC4CCC(C3)N4)c3cc(Cl)c(-c4ccc(F)c5sc(N)c(C#N)c45)c(F)c3n2)C(C)(C)C)cc1. The van der Waals surface area contributed by atoms with Crippen molar-refractivity contribution in [2.75, 3.05) is 50.0 Å². The number of aromatic nitrogens is 3. The lowest BCUT2D eigenvalue weighted by atomic mass is 9.85. The Morgan fingerprint density at radius 2 is 1.75 bits per heavy atom. The molecule has 4 fully saturated rings. The Bertz CT molecular complexity index is 3390. The number of nitriles is 1. The predicted octanol–water partition coefficient (Wildman–Crippen LogP) is 9.05. The highest BCUT2D eigenvalue weighted by molar-refractivity contribution is 7.23. The van der Waals surface area contributed by atoms with Crippen LogP contribution in [0.1, 0.15) is 89.1 Å². The maximum atomic E-state index is 17.3. The number of piperazine rings is 1. The Morgan fingerprint density at radius 3 is 2.41 bits per heavy atom. The molecule has 3 amide bonds. The molecule has 0 aliphatic carbocycles. The van der Waals surface area contributed by atoms with E-state index < -0.39 is 83.7 Å². The lowest BCUT2D eigenvalue weighted by Gasteiger charge is -2.48. The fraction of sp³-hybridized carbons (Fsp3) is 0.482. The van der Waals surface area contributed by atoms with Gasteiger partial charge >= 0.3 is 12.2 Å². The number of thiophene rings is 1. The molecule has 2 unspecified atom stereocenters. The Morgan fingerprint density at radius 1 is 1.02 bits per heavy atom. The number of ether oxygens (including phenoxy) is 1. The first-order chi connectivity index (χ1) is 38.0. The van der Waals surface area contributed by atoms with Crippen LogP contribution < -0.4 is 31.3 Å². The van der Waals surface area contributed by atoms with Crippen molar-refractivity contribution in [3.8, 4) is 33.6 Å². The Hall–Kier alpha value is -6.29. The van der Waals surface area contributed by atoms with Gasteiger partial charge in [-0.2, -0.15) is 28.4 Å². The number of nitrogen functional groups attached to an aromatic ring is 1. The highest BCUT2D eigenvalue weighted by Crippen LogP contribution is 2.47. The van der Waals surface area contributed by atoms with E-state index in [9.17, 15) is 37.9 Å². The number of fused-ring (bicyclic) bond motifs is 4. The van der Waals surface area contributed by atoms with E-state index in [0.29, 0.717) is 19.5 Å². The van der Waals surface area contributed by atoms with Crippen LogP contribution in [0.2, 0.25) is 5.02 Å². The minimum Gasteiger partial charge on any atom is -0.462 e. The van der Waals surface area contributed by atoms with Gasteiger partial charge in [-0.15, -0.1) is 22.7 Å². The minimum absolute atomic E-state index is 0.0126. The first-order valence-electron chi connectivity index (χ1n) is 26.6. The number of aryl methyl sites for hydroxylation is 1. The number of carbonyl (C=O) groups is 3. The van der Waals surface area contributed by atoms with Crippen LogP contribution in [0.25, 0.3) is 42.6 Å². The van der Waals surface area contributed by atoms with Crippen LogP contribution in [-0.2, 0) is 14.4 Å². The lowest BCUT2D eigenvalue weighted by Crippen LogP contribution is -2.63. The number of unbranched alkanes of at least 4 members (excludes halogenated alkanes) is 1. The van der Waals surface area contributed by atoms with Crippen LogP contribution in [0, 0.1) is 41.2 Å². The normalized spacial score (nSPS) is 22.1. The summed E-state index contributed by atoms with van der Waals surface area (Å²) < 4.78 is 82.1. The zero-order chi connectivity index (χ0) is 57.1. The molecule has 8 atom stereocenters. The summed E-state index contributed by atoms with van der Waals surface area (Å²) in [6.45, 7) is 9.32. The number of aliphatic hydroxyl groups excluding tert-OH is 1. The monoisotopic (exact) mass is 1160 g/mol. The number of alkyl halides is 3. The third-order valence-corrected chi connectivity index (χ3v) is 18.2. The predicted molar refractivity (Wildman–Crippen MR) is 297 cm³/mol. The first kappa shape index (κ1) is 57.0. The van der Waals surface area contributed by atoms with Gasteiger partial charge in [0.15, 0.2) is 5.82 Å². The van der Waals surface area contributed by atoms with Gasteiger partial charge in [0.05, 0.1) is 55.5 Å². The Kier molecular flexibility index (Phi) is 16.1. The number of aliphatic hydroxyl groups is 1. The molecule has 80 heavy (non-hydrogen) atoms. The molecular weight excluding hydrogens is 1100 g/mol. The molecule has 0 radical (unpaired) electrons. The van der Waals surface area contributed by atoms with E-state index in [2.05, 4.69) is 25.9 Å². The Labute approximate surface area is 471 Å². The third-order valence-electron chi connectivity index (χ3n) is 15.9. The number of nitrogens with zero attached hydrogens (tertiary/aromatic N) is 7. The van der Waals surface area contributed by atoms with Gasteiger partial charge in [0.1, 0.15) is 46.9 Å². The van der Waals surface area contributed by atoms with E-state index in [1.807, 2.05) is 49.1 Å². The largest absolute Gasteiger partial charge is 0.462 e. The van der Waals surface area contributed by atoms with E-state index in [1.54, 1.807) is 31.2 Å². The van der Waals surface area contributed by atoms with Crippen LogP contribution in [0.4, 0.5) is 32.8 Å². The van der Waals surface area contributed by atoms with Crippen molar-refractivity contribution in [3.63, 3.8) is 0 Å². The van der Waals surface area contributed by atoms with Crippen molar-refractivity contribution < 1.29 is 46.2 Å². The molecule has 4 aliphatic rings. The summed E-state index contributed by atoms with van der Waals surface area (Å²) in [5.41, 5.74) is 9.47. The summed E-state index contributed by atoms with van der Waals surface area (Å²) in [7, 11) is 0. The first-order valence-corrected chi connectivity index (χ1v) is 28.7. The number of hydrogen-bond donors (Lipinski definition) is 5. The second-order valence-corrected chi connectivity index (χ2v) is 24.7. The number of carbonyl (C=O) groups excluding carboxylic acids is 3. The Balaban J connectivity index is 0.803. The number of thiazole rings is 1. The lowest BCUT2D eigenvalue weighted by molar-refractivity contribution is -0.234. The molecule has 3 aromatic carbocycles. The zero-order valence-electron chi connectivity index (χ0n) is 44.6. The van der Waals surface area contributed by atoms with Gasteiger partial charge in [-0.05, 0) is 80.3 Å². The van der Waals surface area contributed by atoms with Gasteiger partial charge in [-0.25, -0.2) is 13.8 Å². The average Bonchev–Trinajstić information content (AvgIpc) is 4.32. The average molecular weight is 1160 g/mol. The molecular formula is C56H61ClF5N11O5S2. The summed E-state index contributed by atoms with van der Waals surface area (Å²) in [5, 5.41) is 30.4. The molecule has 24 heteroatoms. The summed E-state index contributed by atoms with van der Waals surface area (Å²) in [5.74, 6) is -4.53. The van der Waals surface area contributed by atoms with Crippen molar-refractivity contribution >= 4 is 83.8 Å². The molecule has 4 aliphatic heterocycles. The van der Waals surface area contributed by atoms with E-state index in [1.165, 1.54) is 28.4 Å². The maximum absolute atomic E-state index is 17.3. The number of hydrogen-bond acceptors (Lipinski definition) is 15. The fourth-order valence-electron chi connectivity index (χ4n) is 11.6. The van der Waals surface area contributed by atoms with E-state index in [4.69, 9.17) is 27.1 Å². The van der Waals surface area contributed by atoms with Crippen LogP contribution in [0.5, 0.6) is 6.01 Å². The fourth-order valence-corrected chi connectivity index (χ4v) is 13.7. The maximum Gasteiger partial charge on any atom is 0.394 e. The molecule has 0 spiro atoms. The second kappa shape index (κ2) is 22.6. The summed E-state index contributed by atoms with van der Waals surface area (Å²) in [6, 6.07) is 9.86. The standard InChI is InChI=1S/C56H61ClF5N11O5S2/c1-27(29-9-11-30(12-10-29)47-28(2)65-26-79-47)66-52(76)40-18-33(74)23-73(40)53(77)49(55(3,4)5)68-42(75)8-6-7-17-71-24-37(56(60,61)62)41(71)25-78-54-69-46-35(51(70-54)72-21-31-13-14-32(22-72)67-31)19-38(57)44(45(46)59)34-15-16-39(58)48-43(34)36(20-63)50(64)80-48/h9-12,15-16,19,26-27,31-33,37,40-41,49,67,74H,6-8,13-14,17-18,21-25,64H2,1-5H3,(H,66,76)(H,68,75)/t27-,31?,32?,33+,37+,40-,41+,49+/m0/s1. The van der Waals surface area contributed by atoms with Gasteiger partial charge in [0.2, 0.25) is 17.7 Å². The van der Waals surface area contributed by atoms with Crippen molar-refractivity contribution in [2.45, 2.75) is 122 Å². The van der Waals surface area contributed by atoms with Gasteiger partial charge in [0.25, 0.3) is 0 Å². The molecule has 4 saturated heterocycles. The molecule has 424 valence electrons. The number of amides is 3. The summed E-state index contributed by atoms with van der Waals surface area (Å²) in [6.07, 6.45) is -3.23. The van der Waals surface area contributed by atoms with Gasteiger partial charge in [-0.1, -0.05) is 62.7 Å². The van der Waals surface area contributed by atoms with Crippen molar-refractivity contribution in [3.05, 3.63) is 81.5 Å². The molecule has 3 aromatic heterocycles. The highest BCUT2D eigenvalue weighted by Gasteiger charge is 2.54. The quantitative estimate of drug-likeness (QED) is 0.0452. The van der Waals surface area contributed by atoms with Gasteiger partial charge < -0.3 is 41.3 Å². The number of nitrogens with one attached hydrogen (secondary N) is 3. The van der Waals surface area contributed by atoms with E-state index in [-0.39, 0.29) is 111 Å². The van der Waals surface area contributed by atoms with E-state index >= 15 is 8.78 Å². The van der Waals surface area contributed by atoms with Crippen molar-refractivity contribution in [1.29, 1.82) is 5.26 Å². The number of benzene rings is 3. The topological polar surface area (TPSA) is 215 Å². The van der Waals surface area contributed by atoms with Crippen LogP contribution in [-0.4, -0.2) is 129 Å². The van der Waals surface area contributed by atoms with E-state index in [0.717, 1.165) is 51.9 Å². The highest BCUT2D eigenvalue weighted by atomic mass is 35.5.